The van der Waals surface area contributed by atoms with E-state index < -0.39 is 0 Å². The van der Waals surface area contributed by atoms with Gasteiger partial charge in [-0.3, -0.25) is 0 Å². The summed E-state index contributed by atoms with van der Waals surface area (Å²) in [6.07, 6.45) is 1.11. The Morgan fingerprint density at radius 1 is 1.29 bits per heavy atom. The van der Waals surface area contributed by atoms with E-state index in [4.69, 9.17) is 5.73 Å². The molecule has 78 valence electrons. The lowest BCUT2D eigenvalue weighted by Crippen LogP contribution is -2.20. The maximum Gasteiger partial charge on any atom is 0.0177 e. The van der Waals surface area contributed by atoms with E-state index in [0.29, 0.717) is 11.8 Å². The molecule has 0 spiro atoms. The van der Waals surface area contributed by atoms with Gasteiger partial charge in [0.15, 0.2) is 0 Å². The van der Waals surface area contributed by atoms with Crippen molar-refractivity contribution in [3.8, 4) is 0 Å². The van der Waals surface area contributed by atoms with Gasteiger partial charge >= 0.3 is 0 Å². The number of hydrogen-bond acceptors (Lipinski definition) is 1. The third-order valence-electron chi connectivity index (χ3n) is 2.79. The van der Waals surface area contributed by atoms with Crippen molar-refractivity contribution in [3.05, 3.63) is 34.3 Å². The lowest BCUT2D eigenvalue weighted by Gasteiger charge is -2.18. The zero-order chi connectivity index (χ0) is 10.6. The highest BCUT2D eigenvalue weighted by Crippen LogP contribution is 2.18. The van der Waals surface area contributed by atoms with E-state index in [2.05, 4.69) is 54.0 Å². The van der Waals surface area contributed by atoms with E-state index in [-0.39, 0.29) is 0 Å². The second kappa shape index (κ2) is 5.52. The highest BCUT2D eigenvalue weighted by molar-refractivity contribution is 9.10. The molecule has 0 amide bonds. The molecule has 2 atom stereocenters. The van der Waals surface area contributed by atoms with Gasteiger partial charge in [-0.1, -0.05) is 41.9 Å². The first-order chi connectivity index (χ1) is 6.63. The van der Waals surface area contributed by atoms with E-state index >= 15 is 0 Å². The summed E-state index contributed by atoms with van der Waals surface area (Å²) in [5.74, 6) is 1.24. The van der Waals surface area contributed by atoms with Crippen molar-refractivity contribution in [2.45, 2.75) is 20.3 Å². The third-order valence-corrected chi connectivity index (χ3v) is 3.28. The van der Waals surface area contributed by atoms with Crippen LogP contribution in [0, 0.1) is 11.8 Å². The molecule has 0 aliphatic carbocycles. The molecule has 0 aromatic heterocycles. The van der Waals surface area contributed by atoms with E-state index in [1.165, 1.54) is 5.56 Å². The van der Waals surface area contributed by atoms with Crippen molar-refractivity contribution in [2.75, 3.05) is 6.54 Å². The van der Waals surface area contributed by atoms with Crippen molar-refractivity contribution in [1.29, 1.82) is 0 Å². The van der Waals surface area contributed by atoms with Gasteiger partial charge in [-0.15, -0.1) is 0 Å². The molecule has 0 fully saturated rings. The molecule has 0 bridgehead atoms. The van der Waals surface area contributed by atoms with Gasteiger partial charge in [0.25, 0.3) is 0 Å². The van der Waals surface area contributed by atoms with Crippen molar-refractivity contribution < 1.29 is 0 Å². The van der Waals surface area contributed by atoms with Crippen LogP contribution < -0.4 is 5.73 Å². The molecule has 0 saturated carbocycles. The molecule has 0 saturated heterocycles. The largest absolute Gasteiger partial charge is 0.330 e. The van der Waals surface area contributed by atoms with E-state index in [1.54, 1.807) is 0 Å². The maximum absolute atomic E-state index is 5.65. The average Bonchev–Trinajstić information content (AvgIpc) is 2.16. The summed E-state index contributed by atoms with van der Waals surface area (Å²) in [5.41, 5.74) is 7.03. The lowest BCUT2D eigenvalue weighted by molar-refractivity contribution is 0.394. The van der Waals surface area contributed by atoms with Crippen molar-refractivity contribution in [2.24, 2.45) is 17.6 Å². The first-order valence-electron chi connectivity index (χ1n) is 5.08. The Bertz CT molecular complexity index is 285. The van der Waals surface area contributed by atoms with E-state index in [9.17, 15) is 0 Å². The minimum atomic E-state index is 0.592. The number of hydrogen-bond donors (Lipinski definition) is 1. The Balaban J connectivity index is 2.60. The summed E-state index contributed by atoms with van der Waals surface area (Å²) in [4.78, 5) is 0. The molecule has 14 heavy (non-hydrogen) atoms. The van der Waals surface area contributed by atoms with E-state index in [1.807, 2.05) is 0 Å². The molecule has 0 aliphatic heterocycles. The number of halogens is 1. The fraction of sp³-hybridized carbons (Fsp3) is 0.500. The van der Waals surface area contributed by atoms with Gasteiger partial charge in [0.05, 0.1) is 0 Å². The first-order valence-corrected chi connectivity index (χ1v) is 5.87. The molecule has 1 nitrogen and oxygen atoms in total. The predicted molar refractivity (Wildman–Crippen MR) is 65.2 cm³/mol. The summed E-state index contributed by atoms with van der Waals surface area (Å²) in [5, 5.41) is 0. The molecule has 2 unspecified atom stereocenters. The molecule has 1 aromatic rings. The second-order valence-corrected chi connectivity index (χ2v) is 4.94. The summed E-state index contributed by atoms with van der Waals surface area (Å²) < 4.78 is 1.16. The number of nitrogens with two attached hydrogens (primary N) is 1. The molecule has 2 N–H and O–H groups in total. The maximum atomic E-state index is 5.65. The molecular formula is C12H18BrN. The molecular weight excluding hydrogens is 238 g/mol. The molecule has 2 heteroatoms. The van der Waals surface area contributed by atoms with Crippen LogP contribution in [0.25, 0.3) is 0 Å². The minimum absolute atomic E-state index is 0.592. The third kappa shape index (κ3) is 3.43. The summed E-state index contributed by atoms with van der Waals surface area (Å²) in [6.45, 7) is 5.25. The molecule has 0 aliphatic rings. The summed E-state index contributed by atoms with van der Waals surface area (Å²) in [7, 11) is 0. The fourth-order valence-electron chi connectivity index (χ4n) is 1.47. The molecule has 0 heterocycles. The van der Waals surface area contributed by atoms with Crippen LogP contribution in [-0.2, 0) is 6.42 Å². The summed E-state index contributed by atoms with van der Waals surface area (Å²) >= 11 is 3.48. The Morgan fingerprint density at radius 3 is 2.57 bits per heavy atom. The van der Waals surface area contributed by atoms with Gasteiger partial charge in [-0.25, -0.2) is 0 Å². The van der Waals surface area contributed by atoms with Crippen LogP contribution in [0.15, 0.2) is 28.7 Å². The van der Waals surface area contributed by atoms with Crippen LogP contribution in [0.3, 0.4) is 0 Å². The van der Waals surface area contributed by atoms with Crippen LogP contribution in [0.4, 0.5) is 0 Å². The standard InChI is InChI=1S/C12H18BrN/c1-9(10(2)8-14)6-11-4-3-5-12(13)7-11/h3-5,7,9-10H,6,8,14H2,1-2H3. The number of rotatable bonds is 4. The van der Waals surface area contributed by atoms with Crippen LogP contribution in [0.1, 0.15) is 19.4 Å². The average molecular weight is 256 g/mol. The monoisotopic (exact) mass is 255 g/mol. The Labute approximate surface area is 94.8 Å². The minimum Gasteiger partial charge on any atom is -0.330 e. The van der Waals surface area contributed by atoms with Gasteiger partial charge in [-0.05, 0) is 42.5 Å². The molecule has 1 aromatic carbocycles. The van der Waals surface area contributed by atoms with Gasteiger partial charge in [-0.2, -0.15) is 0 Å². The summed E-state index contributed by atoms with van der Waals surface area (Å²) in [6, 6.07) is 8.49. The van der Waals surface area contributed by atoms with E-state index in [0.717, 1.165) is 17.4 Å². The number of benzene rings is 1. The second-order valence-electron chi connectivity index (χ2n) is 4.02. The van der Waals surface area contributed by atoms with Gasteiger partial charge in [0, 0.05) is 4.47 Å². The molecule has 1 rings (SSSR count). The topological polar surface area (TPSA) is 26.0 Å². The predicted octanol–water partition coefficient (Wildman–Crippen LogP) is 3.22. The lowest BCUT2D eigenvalue weighted by atomic mass is 9.90. The highest BCUT2D eigenvalue weighted by Gasteiger charge is 2.10. The van der Waals surface area contributed by atoms with Crippen LogP contribution in [0.5, 0.6) is 0 Å². The Kier molecular flexibility index (Phi) is 4.63. The van der Waals surface area contributed by atoms with Gasteiger partial charge < -0.3 is 5.73 Å². The first kappa shape index (κ1) is 11.7. The zero-order valence-electron chi connectivity index (χ0n) is 8.83. The normalized spacial score (nSPS) is 15.1. The van der Waals surface area contributed by atoms with Crippen LogP contribution in [0.2, 0.25) is 0 Å². The SMILES string of the molecule is CC(CN)C(C)Cc1cccc(Br)c1. The smallest absolute Gasteiger partial charge is 0.0177 e. The zero-order valence-corrected chi connectivity index (χ0v) is 10.4. The van der Waals surface area contributed by atoms with Gasteiger partial charge in [0.2, 0.25) is 0 Å². The van der Waals surface area contributed by atoms with Crippen LogP contribution in [-0.4, -0.2) is 6.54 Å². The highest BCUT2D eigenvalue weighted by atomic mass is 79.9. The molecule has 0 radical (unpaired) electrons. The fourth-order valence-corrected chi connectivity index (χ4v) is 1.92. The van der Waals surface area contributed by atoms with Crippen molar-refractivity contribution in [3.63, 3.8) is 0 Å². The van der Waals surface area contributed by atoms with Crippen molar-refractivity contribution in [1.82, 2.24) is 0 Å². The Hall–Kier alpha value is -0.340. The van der Waals surface area contributed by atoms with Gasteiger partial charge in [0.1, 0.15) is 0 Å². The quantitative estimate of drug-likeness (QED) is 0.879. The Morgan fingerprint density at radius 2 is 2.00 bits per heavy atom. The van der Waals surface area contributed by atoms with Crippen molar-refractivity contribution >= 4 is 15.9 Å². The van der Waals surface area contributed by atoms with Crippen LogP contribution >= 0.6 is 15.9 Å².